The first kappa shape index (κ1) is 23.2. The van der Waals surface area contributed by atoms with Crippen molar-refractivity contribution in [3.8, 4) is 56.7 Å². The van der Waals surface area contributed by atoms with Gasteiger partial charge >= 0.3 is 0 Å². The normalized spacial score (nSPS) is 14.1. The van der Waals surface area contributed by atoms with Gasteiger partial charge in [0.05, 0.1) is 41.5 Å². The van der Waals surface area contributed by atoms with Crippen LogP contribution in [-0.4, -0.2) is 24.1 Å². The first-order valence-corrected chi connectivity index (χ1v) is 18.1. The number of rotatable bonds is 6. The van der Waals surface area contributed by atoms with E-state index in [-0.39, 0.29) is 22.3 Å². The molecule has 56 heavy (non-hydrogen) atoms. The molecule has 0 unspecified atom stereocenters. The van der Waals surface area contributed by atoms with Crippen LogP contribution in [0.5, 0.6) is 0 Å². The highest BCUT2D eigenvalue weighted by Gasteiger charge is 2.24. The Morgan fingerprint density at radius 2 is 0.875 bits per heavy atom. The third kappa shape index (κ3) is 5.13. The van der Waals surface area contributed by atoms with Crippen LogP contribution in [0.2, 0.25) is 0 Å². The molecule has 0 radical (unpaired) electrons. The van der Waals surface area contributed by atoms with Crippen LogP contribution in [0.3, 0.4) is 0 Å². The average molecular weight is 726 g/mol. The number of hydrogen-bond acceptors (Lipinski definition) is 3. The third-order valence-corrected chi connectivity index (χ3v) is 10.2. The molecule has 262 valence electrons. The van der Waals surface area contributed by atoms with Crippen LogP contribution in [0, 0.1) is 0 Å². The zero-order chi connectivity index (χ0) is 45.7. The SMILES string of the molecule is [2H]c1c([2H])c([2H])c(-c2ccc(-n3c4ccccc4c4ccc5c6ccccc6n(-c6nc(-c7ccccc7)nc(-c7ccccc7)n6)c5c43)c(-c3c([2H])c([2H])c([2H])c([2H])c3[2H])c2)c([2H])c1[2H]. The van der Waals surface area contributed by atoms with Gasteiger partial charge in [0, 0.05) is 38.2 Å². The van der Waals surface area contributed by atoms with E-state index in [1.54, 1.807) is 18.2 Å². The average Bonchev–Trinajstić information content (AvgIpc) is 3.87. The summed E-state index contributed by atoms with van der Waals surface area (Å²) in [5.74, 6) is 1.27. The summed E-state index contributed by atoms with van der Waals surface area (Å²) < 4.78 is 91.4. The van der Waals surface area contributed by atoms with Crippen LogP contribution in [0.15, 0.2) is 200 Å². The maximum absolute atomic E-state index is 9.24. The monoisotopic (exact) mass is 725 g/mol. The molecule has 0 N–H and O–H groups in total. The number of para-hydroxylation sites is 2. The van der Waals surface area contributed by atoms with E-state index >= 15 is 0 Å². The van der Waals surface area contributed by atoms with Crippen molar-refractivity contribution in [3.63, 3.8) is 0 Å². The van der Waals surface area contributed by atoms with E-state index in [1.807, 2.05) is 118 Å². The maximum Gasteiger partial charge on any atom is 0.238 e. The number of nitrogens with zero attached hydrogens (tertiary/aromatic N) is 5. The summed E-state index contributed by atoms with van der Waals surface area (Å²) in [5.41, 5.74) is 5.10. The number of hydrogen-bond donors (Lipinski definition) is 0. The summed E-state index contributed by atoms with van der Waals surface area (Å²) in [7, 11) is 0. The Bertz CT molecular complexity index is 3720. The van der Waals surface area contributed by atoms with Gasteiger partial charge in [0.2, 0.25) is 5.95 Å². The van der Waals surface area contributed by atoms with Gasteiger partial charge in [0.15, 0.2) is 11.6 Å². The molecule has 0 atom stereocenters. The Balaban J connectivity index is 1.32. The van der Waals surface area contributed by atoms with Crippen LogP contribution in [0.25, 0.3) is 100 Å². The number of fused-ring (bicyclic) bond motifs is 7. The molecule has 3 heterocycles. The van der Waals surface area contributed by atoms with E-state index in [2.05, 4.69) is 12.1 Å². The largest absolute Gasteiger partial charge is 0.307 e. The second kappa shape index (κ2) is 13.0. The molecule has 0 aliphatic rings. The molecule has 0 bridgehead atoms. The van der Waals surface area contributed by atoms with Crippen LogP contribution in [0.4, 0.5) is 0 Å². The summed E-state index contributed by atoms with van der Waals surface area (Å²) >= 11 is 0. The molecule has 3 aromatic heterocycles. The van der Waals surface area contributed by atoms with Crippen molar-refractivity contribution in [2.24, 2.45) is 0 Å². The highest BCUT2D eigenvalue weighted by Crippen LogP contribution is 2.43. The predicted octanol–water partition coefficient (Wildman–Crippen LogP) is 12.7. The fourth-order valence-electron chi connectivity index (χ4n) is 7.72. The van der Waals surface area contributed by atoms with Gasteiger partial charge in [-0.25, -0.2) is 4.98 Å². The van der Waals surface area contributed by atoms with Crippen molar-refractivity contribution in [2.45, 2.75) is 0 Å². The topological polar surface area (TPSA) is 48.5 Å². The summed E-state index contributed by atoms with van der Waals surface area (Å²) in [6.45, 7) is 0. The Morgan fingerprint density at radius 1 is 0.375 bits per heavy atom. The standard InChI is InChI=1S/C51H33N5/c1-5-17-34(18-6-1)38-29-32-46(43(33-38)35-19-7-2-8-20-35)55-44-27-15-13-25-39(44)41-30-31-42-40-26-14-16-28-45(40)56(48(42)47(41)55)51-53-49(36-21-9-3-10-22-36)52-50(54-51)37-23-11-4-12-24-37/h1-33H/i1D,2D,5D,6D,7D,8D,17D,18D,19D,20D. The van der Waals surface area contributed by atoms with Crippen molar-refractivity contribution < 1.29 is 13.7 Å². The number of aromatic nitrogens is 5. The van der Waals surface area contributed by atoms with Crippen LogP contribution >= 0.6 is 0 Å². The summed E-state index contributed by atoms with van der Waals surface area (Å²) in [5, 5.41) is 3.48. The van der Waals surface area contributed by atoms with E-state index in [4.69, 9.17) is 25.9 Å². The number of benzene rings is 8. The van der Waals surface area contributed by atoms with Crippen LogP contribution < -0.4 is 0 Å². The van der Waals surface area contributed by atoms with Gasteiger partial charge in [0.1, 0.15) is 0 Å². The minimum Gasteiger partial charge on any atom is -0.307 e. The van der Waals surface area contributed by atoms with E-state index in [0.717, 1.165) is 49.2 Å². The molecule has 0 aliphatic heterocycles. The predicted molar refractivity (Wildman–Crippen MR) is 230 cm³/mol. The zero-order valence-electron chi connectivity index (χ0n) is 39.5. The molecule has 0 aliphatic carbocycles. The summed E-state index contributed by atoms with van der Waals surface area (Å²) in [6, 6.07) is 39.1. The lowest BCUT2D eigenvalue weighted by Gasteiger charge is -2.17. The van der Waals surface area contributed by atoms with Crippen molar-refractivity contribution in [3.05, 3.63) is 200 Å². The van der Waals surface area contributed by atoms with E-state index in [9.17, 15) is 2.74 Å². The van der Waals surface area contributed by atoms with Crippen molar-refractivity contribution >= 4 is 43.6 Å². The first-order valence-electron chi connectivity index (χ1n) is 23.1. The molecule has 5 heteroatoms. The highest BCUT2D eigenvalue weighted by molar-refractivity contribution is 6.24. The van der Waals surface area contributed by atoms with Crippen LogP contribution in [0.1, 0.15) is 13.7 Å². The lowest BCUT2D eigenvalue weighted by Crippen LogP contribution is -2.07. The summed E-state index contributed by atoms with van der Waals surface area (Å²) in [6.07, 6.45) is 0. The van der Waals surface area contributed by atoms with Crippen molar-refractivity contribution in [1.82, 2.24) is 24.1 Å². The van der Waals surface area contributed by atoms with Gasteiger partial charge in [-0.15, -0.1) is 0 Å². The molecule has 11 rings (SSSR count). The smallest absolute Gasteiger partial charge is 0.238 e. The molecule has 0 amide bonds. The van der Waals surface area contributed by atoms with Gasteiger partial charge < -0.3 is 4.57 Å². The minimum absolute atomic E-state index is 0.0934. The molecular formula is C51H33N5. The zero-order valence-corrected chi connectivity index (χ0v) is 29.5. The van der Waals surface area contributed by atoms with Gasteiger partial charge in [-0.3, -0.25) is 4.57 Å². The molecule has 0 fully saturated rings. The first-order chi connectivity index (χ1) is 31.9. The third-order valence-electron chi connectivity index (χ3n) is 10.2. The molecule has 0 spiro atoms. The minimum atomic E-state index is -0.567. The maximum atomic E-state index is 9.24. The van der Waals surface area contributed by atoms with E-state index in [1.165, 1.54) is 0 Å². The van der Waals surface area contributed by atoms with Gasteiger partial charge in [0.25, 0.3) is 0 Å². The lowest BCUT2D eigenvalue weighted by atomic mass is 9.97. The fourth-order valence-corrected chi connectivity index (χ4v) is 7.72. The fraction of sp³-hybridized carbons (Fsp3) is 0. The van der Waals surface area contributed by atoms with Gasteiger partial charge in [-0.1, -0.05) is 176 Å². The Hall–Kier alpha value is -7.63. The second-order valence-electron chi connectivity index (χ2n) is 13.3. The van der Waals surface area contributed by atoms with Gasteiger partial charge in [-0.2, -0.15) is 9.97 Å². The Labute approximate surface area is 337 Å². The molecule has 11 aromatic rings. The summed E-state index contributed by atoms with van der Waals surface area (Å²) in [4.78, 5) is 15.3. The van der Waals surface area contributed by atoms with E-state index in [0.29, 0.717) is 28.8 Å². The molecule has 0 saturated heterocycles. The van der Waals surface area contributed by atoms with Gasteiger partial charge in [-0.05, 0) is 41.0 Å². The quantitative estimate of drug-likeness (QED) is 0.171. The Morgan fingerprint density at radius 3 is 1.46 bits per heavy atom. The molecule has 8 aromatic carbocycles. The molecule has 5 nitrogen and oxygen atoms in total. The Kier molecular flexibility index (Phi) is 5.41. The van der Waals surface area contributed by atoms with Crippen molar-refractivity contribution in [1.29, 1.82) is 0 Å². The lowest BCUT2D eigenvalue weighted by molar-refractivity contribution is 0.953. The molecule has 0 saturated carbocycles. The van der Waals surface area contributed by atoms with E-state index < -0.39 is 60.4 Å². The van der Waals surface area contributed by atoms with Crippen LogP contribution in [-0.2, 0) is 0 Å². The second-order valence-corrected chi connectivity index (χ2v) is 13.3. The van der Waals surface area contributed by atoms with Crippen molar-refractivity contribution in [2.75, 3.05) is 0 Å². The highest BCUT2D eigenvalue weighted by atomic mass is 15.2. The molecular weight excluding hydrogens is 683 g/mol.